The molecule has 4 heteroatoms. The van der Waals surface area contributed by atoms with Gasteiger partial charge in [0.1, 0.15) is 4.60 Å². The molecule has 3 nitrogen and oxygen atoms in total. The van der Waals surface area contributed by atoms with Crippen molar-refractivity contribution in [3.05, 3.63) is 34.9 Å². The maximum Gasteiger partial charge on any atom is 0.226 e. The maximum absolute atomic E-state index is 10.4. The molecule has 0 saturated heterocycles. The first kappa shape index (κ1) is 8.20. The molecule has 1 aromatic rings. The molecule has 0 saturated carbocycles. The van der Waals surface area contributed by atoms with E-state index in [4.69, 9.17) is 5.73 Å². The summed E-state index contributed by atoms with van der Waals surface area (Å²) in [5, 5.41) is 0. The van der Waals surface area contributed by atoms with Crippen LogP contribution in [-0.2, 0) is 4.79 Å². The quantitative estimate of drug-likeness (QED) is 0.743. The fourth-order valence-corrected chi connectivity index (χ4v) is 1.05. The summed E-state index contributed by atoms with van der Waals surface area (Å²) in [5.41, 5.74) is 5.69. The van der Waals surface area contributed by atoms with Crippen LogP contribution in [0.5, 0.6) is 0 Å². The van der Waals surface area contributed by atoms with Crippen LogP contribution in [0.15, 0.2) is 22.9 Å². The molecule has 0 aliphatic heterocycles. The summed E-state index contributed by atoms with van der Waals surface area (Å²) >= 11 is 3.17. The minimum atomic E-state index is -0.455. The van der Waals surface area contributed by atoms with E-state index in [1.807, 2.05) is 0 Å². The number of amides is 1. The molecule has 0 aliphatic rings. The average Bonchev–Trinajstić information content (AvgIpc) is 1.85. The number of primary amides is 1. The van der Waals surface area contributed by atoms with E-state index in [2.05, 4.69) is 20.9 Å². The summed E-state index contributed by atoms with van der Waals surface area (Å²) in [4.78, 5) is 14.3. The molecule has 0 spiro atoms. The highest BCUT2D eigenvalue weighted by atomic mass is 79.9. The Morgan fingerprint density at radius 2 is 2.45 bits per heavy atom. The van der Waals surface area contributed by atoms with Crippen molar-refractivity contribution in [2.24, 2.45) is 5.73 Å². The molecular weight excluding hydrogens is 208 g/mol. The smallest absolute Gasteiger partial charge is 0.226 e. The number of halogens is 1. The van der Waals surface area contributed by atoms with E-state index in [1.54, 1.807) is 18.3 Å². The minimum Gasteiger partial charge on any atom is -0.369 e. The molecule has 0 atom stereocenters. The third-order valence-corrected chi connectivity index (χ3v) is 1.49. The monoisotopic (exact) mass is 213 g/mol. The lowest BCUT2D eigenvalue weighted by atomic mass is 10.2. The first-order chi connectivity index (χ1) is 5.18. The highest BCUT2D eigenvalue weighted by Crippen LogP contribution is 2.08. The standard InChI is InChI=1S/C7H6BrN2O/c8-6-3-5(1-2-10-6)4-7(9)11/h1-4H,(H2,9,11). The lowest BCUT2D eigenvalue weighted by Gasteiger charge is -1.95. The molecule has 1 aromatic heterocycles. The number of nitrogens with zero attached hydrogens (tertiary/aromatic N) is 1. The maximum atomic E-state index is 10.4. The van der Waals surface area contributed by atoms with Crippen molar-refractivity contribution in [2.75, 3.05) is 0 Å². The lowest BCUT2D eigenvalue weighted by Crippen LogP contribution is -2.11. The molecule has 0 aliphatic carbocycles. The Bertz CT molecular complexity index is 275. The molecule has 1 heterocycles. The zero-order valence-corrected chi connectivity index (χ0v) is 7.21. The first-order valence-corrected chi connectivity index (χ1v) is 3.73. The molecule has 0 fully saturated rings. The summed E-state index contributed by atoms with van der Waals surface area (Å²) in [6.07, 6.45) is 2.94. The summed E-state index contributed by atoms with van der Waals surface area (Å²) in [6, 6.07) is 3.42. The Balaban J connectivity index is 2.79. The van der Waals surface area contributed by atoms with E-state index in [0.29, 0.717) is 4.60 Å². The molecule has 11 heavy (non-hydrogen) atoms. The summed E-state index contributed by atoms with van der Waals surface area (Å²) < 4.78 is 0.688. The largest absolute Gasteiger partial charge is 0.369 e. The van der Waals surface area contributed by atoms with Gasteiger partial charge in [0.2, 0.25) is 5.91 Å². The number of nitrogens with two attached hydrogens (primary N) is 1. The number of hydrogen-bond acceptors (Lipinski definition) is 2. The minimum absolute atomic E-state index is 0.455. The fraction of sp³-hybridized carbons (Fsp3) is 0. The van der Waals surface area contributed by atoms with Crippen molar-refractivity contribution in [1.82, 2.24) is 4.98 Å². The fourth-order valence-electron chi connectivity index (χ4n) is 0.671. The molecule has 57 valence electrons. The Morgan fingerprint density at radius 3 is 3.00 bits per heavy atom. The van der Waals surface area contributed by atoms with Gasteiger partial charge in [0.25, 0.3) is 0 Å². The van der Waals surface area contributed by atoms with Gasteiger partial charge in [-0.3, -0.25) is 4.79 Å². The lowest BCUT2D eigenvalue weighted by molar-refractivity contribution is -0.114. The number of carbonyl (C=O) groups excluding carboxylic acids is 1. The van der Waals surface area contributed by atoms with Gasteiger partial charge < -0.3 is 5.73 Å². The summed E-state index contributed by atoms with van der Waals surface area (Å²) in [5.74, 6) is -0.455. The topological polar surface area (TPSA) is 56.0 Å². The van der Waals surface area contributed by atoms with Crippen LogP contribution in [0.4, 0.5) is 0 Å². The van der Waals surface area contributed by atoms with Crippen molar-refractivity contribution >= 4 is 21.8 Å². The van der Waals surface area contributed by atoms with Gasteiger partial charge in [0, 0.05) is 6.20 Å². The van der Waals surface area contributed by atoms with Gasteiger partial charge >= 0.3 is 0 Å². The Kier molecular flexibility index (Phi) is 2.59. The van der Waals surface area contributed by atoms with E-state index in [1.165, 1.54) is 6.42 Å². The normalized spacial score (nSPS) is 9.55. The Labute approximate surface area is 72.7 Å². The van der Waals surface area contributed by atoms with Crippen LogP contribution in [-0.4, -0.2) is 10.9 Å². The number of hydrogen-bond donors (Lipinski definition) is 1. The second-order valence-corrected chi connectivity index (χ2v) is 2.77. The predicted octanol–water partition coefficient (Wildman–Crippen LogP) is 0.882. The van der Waals surface area contributed by atoms with E-state index < -0.39 is 5.91 Å². The van der Waals surface area contributed by atoms with Gasteiger partial charge in [0.15, 0.2) is 0 Å². The van der Waals surface area contributed by atoms with Gasteiger partial charge in [-0.25, -0.2) is 4.98 Å². The van der Waals surface area contributed by atoms with Crippen LogP contribution >= 0.6 is 15.9 Å². The summed E-state index contributed by atoms with van der Waals surface area (Å²) in [6.45, 7) is 0. The molecular formula is C7H6BrN2O. The van der Waals surface area contributed by atoms with Gasteiger partial charge in [-0.1, -0.05) is 0 Å². The second kappa shape index (κ2) is 3.48. The van der Waals surface area contributed by atoms with Crippen LogP contribution in [0, 0.1) is 6.42 Å². The van der Waals surface area contributed by atoms with Crippen molar-refractivity contribution in [1.29, 1.82) is 0 Å². The molecule has 0 unspecified atom stereocenters. The Hall–Kier alpha value is -0.900. The zero-order chi connectivity index (χ0) is 8.27. The molecule has 1 amide bonds. The number of pyridine rings is 1. The van der Waals surface area contributed by atoms with E-state index >= 15 is 0 Å². The van der Waals surface area contributed by atoms with Gasteiger partial charge in [-0.05, 0) is 33.6 Å². The van der Waals surface area contributed by atoms with Gasteiger partial charge in [-0.15, -0.1) is 0 Å². The van der Waals surface area contributed by atoms with Crippen LogP contribution in [0.25, 0.3) is 0 Å². The number of rotatable bonds is 2. The molecule has 1 rings (SSSR count). The van der Waals surface area contributed by atoms with Crippen molar-refractivity contribution in [2.45, 2.75) is 0 Å². The highest BCUT2D eigenvalue weighted by molar-refractivity contribution is 9.10. The molecule has 1 radical (unpaired) electrons. The van der Waals surface area contributed by atoms with Gasteiger partial charge in [0.05, 0.1) is 6.42 Å². The van der Waals surface area contributed by atoms with Crippen molar-refractivity contribution in [3.8, 4) is 0 Å². The van der Waals surface area contributed by atoms with Crippen LogP contribution in [0.3, 0.4) is 0 Å². The second-order valence-electron chi connectivity index (χ2n) is 1.96. The van der Waals surface area contributed by atoms with Crippen LogP contribution in [0.2, 0.25) is 0 Å². The predicted molar refractivity (Wildman–Crippen MR) is 44.5 cm³/mol. The number of carbonyl (C=O) groups is 1. The molecule has 0 bridgehead atoms. The summed E-state index contributed by atoms with van der Waals surface area (Å²) in [7, 11) is 0. The van der Waals surface area contributed by atoms with Crippen molar-refractivity contribution < 1.29 is 4.79 Å². The van der Waals surface area contributed by atoms with Crippen LogP contribution < -0.4 is 5.73 Å². The van der Waals surface area contributed by atoms with E-state index in [0.717, 1.165) is 5.56 Å². The molecule has 0 aromatic carbocycles. The third-order valence-electron chi connectivity index (χ3n) is 1.06. The highest BCUT2D eigenvalue weighted by Gasteiger charge is 1.98. The molecule has 2 N–H and O–H groups in total. The van der Waals surface area contributed by atoms with Crippen molar-refractivity contribution in [3.63, 3.8) is 0 Å². The first-order valence-electron chi connectivity index (χ1n) is 2.94. The average molecular weight is 214 g/mol. The van der Waals surface area contributed by atoms with E-state index in [9.17, 15) is 4.79 Å². The third kappa shape index (κ3) is 2.67. The Morgan fingerprint density at radius 1 is 1.73 bits per heavy atom. The van der Waals surface area contributed by atoms with Crippen LogP contribution in [0.1, 0.15) is 5.56 Å². The number of aromatic nitrogens is 1. The van der Waals surface area contributed by atoms with Gasteiger partial charge in [-0.2, -0.15) is 0 Å². The van der Waals surface area contributed by atoms with E-state index in [-0.39, 0.29) is 0 Å². The zero-order valence-electron chi connectivity index (χ0n) is 5.62. The SMILES string of the molecule is NC(=O)[CH]c1ccnc(Br)c1.